The molecule has 0 N–H and O–H groups in total. The van der Waals surface area contributed by atoms with Gasteiger partial charge in [-0.15, -0.1) is 0 Å². The highest BCUT2D eigenvalue weighted by Crippen LogP contribution is 2.29. The molecule has 0 aliphatic carbocycles. The number of hydrogen-bond donors (Lipinski definition) is 0. The molecule has 0 aliphatic rings. The zero-order valence-electron chi connectivity index (χ0n) is 14.6. The van der Waals surface area contributed by atoms with Crippen molar-refractivity contribution in [3.8, 4) is 6.07 Å². The molecule has 0 bridgehead atoms. The molecule has 0 saturated heterocycles. The molecule has 0 radical (unpaired) electrons. The molecule has 5 nitrogen and oxygen atoms in total. The molecule has 0 aromatic heterocycles. The maximum Gasteiger partial charge on any atom is 0.416 e. The van der Waals surface area contributed by atoms with E-state index in [0.29, 0.717) is 22.4 Å². The van der Waals surface area contributed by atoms with Crippen molar-refractivity contribution in [3.63, 3.8) is 0 Å². The fourth-order valence-corrected chi connectivity index (χ4v) is 2.27. The van der Waals surface area contributed by atoms with Crippen molar-refractivity contribution < 1.29 is 22.8 Å². The molecule has 0 atom stereocenters. The molecule has 0 saturated carbocycles. The fraction of sp³-hybridized carbons (Fsp3) is 0.211. The lowest BCUT2D eigenvalue weighted by molar-refractivity contribution is -0.137. The summed E-state index contributed by atoms with van der Waals surface area (Å²) in [5.41, 5.74) is 1.08. The summed E-state index contributed by atoms with van der Waals surface area (Å²) in [6.45, 7) is 1.56. The third kappa shape index (κ3) is 5.31. The predicted octanol–water partition coefficient (Wildman–Crippen LogP) is 4.52. The van der Waals surface area contributed by atoms with Crippen molar-refractivity contribution >= 4 is 11.4 Å². The van der Waals surface area contributed by atoms with Gasteiger partial charge >= 0.3 is 6.18 Å². The second-order valence-corrected chi connectivity index (χ2v) is 5.42. The third-order valence-corrected chi connectivity index (χ3v) is 3.59. The molecule has 0 fully saturated rings. The molecule has 0 amide bonds. The van der Waals surface area contributed by atoms with Gasteiger partial charge in [0, 0.05) is 11.1 Å². The van der Waals surface area contributed by atoms with Gasteiger partial charge in [0.05, 0.1) is 11.3 Å². The molecule has 0 aliphatic heterocycles. The molecule has 0 spiro atoms. The highest BCUT2D eigenvalue weighted by Gasteiger charge is 2.30. The van der Waals surface area contributed by atoms with Crippen LogP contribution in [0.3, 0.4) is 0 Å². The van der Waals surface area contributed by atoms with Crippen molar-refractivity contribution in [2.45, 2.75) is 19.7 Å². The normalized spacial score (nSPS) is 12.4. The number of alkyl halides is 3. The molecular formula is C19H16F3N3O2. The van der Waals surface area contributed by atoms with Crippen LogP contribution in [0.25, 0.3) is 0 Å². The summed E-state index contributed by atoms with van der Waals surface area (Å²) in [4.78, 5) is 9.92. The zero-order chi connectivity index (χ0) is 19.9. The monoisotopic (exact) mass is 375 g/mol. The highest BCUT2D eigenvalue weighted by molar-refractivity contribution is 6.12. The second kappa shape index (κ2) is 8.85. The highest BCUT2D eigenvalue weighted by atomic mass is 19.4. The van der Waals surface area contributed by atoms with Gasteiger partial charge in [-0.1, -0.05) is 46.7 Å². The van der Waals surface area contributed by atoms with Crippen LogP contribution >= 0.6 is 0 Å². The minimum Gasteiger partial charge on any atom is -0.398 e. The van der Waals surface area contributed by atoms with Crippen LogP contribution in [0.2, 0.25) is 0 Å². The van der Waals surface area contributed by atoms with E-state index in [0.717, 1.165) is 12.1 Å². The number of nitriles is 1. The van der Waals surface area contributed by atoms with Crippen LogP contribution in [0.4, 0.5) is 13.2 Å². The van der Waals surface area contributed by atoms with Gasteiger partial charge in [-0.2, -0.15) is 18.4 Å². The Morgan fingerprint density at radius 3 is 2.52 bits per heavy atom. The van der Waals surface area contributed by atoms with E-state index in [9.17, 15) is 13.2 Å². The molecule has 27 heavy (non-hydrogen) atoms. The Hall–Kier alpha value is -3.34. The SMILES string of the molecule is CO/N=C(/C#N)c1ccccc1CO/N=C(/C)c1cccc(C(F)(F)F)c1. The topological polar surface area (TPSA) is 67.0 Å². The minimum atomic E-state index is -4.43. The molecule has 2 aromatic carbocycles. The number of rotatable bonds is 6. The number of hydrogen-bond acceptors (Lipinski definition) is 5. The van der Waals surface area contributed by atoms with Gasteiger partial charge in [-0.25, -0.2) is 0 Å². The van der Waals surface area contributed by atoms with Gasteiger partial charge < -0.3 is 9.68 Å². The van der Waals surface area contributed by atoms with Crippen LogP contribution in [0.15, 0.2) is 58.8 Å². The lowest BCUT2D eigenvalue weighted by atomic mass is 10.0. The Bertz CT molecular complexity index is 900. The number of benzene rings is 2. The summed E-state index contributed by atoms with van der Waals surface area (Å²) in [5.74, 6) is 0. The van der Waals surface area contributed by atoms with Crippen LogP contribution in [0.5, 0.6) is 0 Å². The smallest absolute Gasteiger partial charge is 0.398 e. The molecule has 2 rings (SSSR count). The lowest BCUT2D eigenvalue weighted by Gasteiger charge is -2.09. The molecule has 0 heterocycles. The van der Waals surface area contributed by atoms with Crippen molar-refractivity contribution in [3.05, 3.63) is 70.8 Å². The first-order chi connectivity index (χ1) is 12.9. The van der Waals surface area contributed by atoms with E-state index >= 15 is 0 Å². The van der Waals surface area contributed by atoms with Crippen LogP contribution in [0, 0.1) is 11.3 Å². The van der Waals surface area contributed by atoms with Gasteiger partial charge in [0.2, 0.25) is 0 Å². The molecule has 8 heteroatoms. The Kier molecular flexibility index (Phi) is 6.55. The average molecular weight is 375 g/mol. The Morgan fingerprint density at radius 2 is 1.85 bits per heavy atom. The predicted molar refractivity (Wildman–Crippen MR) is 94.0 cm³/mol. The number of halogens is 3. The van der Waals surface area contributed by atoms with E-state index in [1.54, 1.807) is 31.2 Å². The molecular weight excluding hydrogens is 359 g/mol. The lowest BCUT2D eigenvalue weighted by Crippen LogP contribution is -2.07. The van der Waals surface area contributed by atoms with Crippen molar-refractivity contribution in [1.29, 1.82) is 5.26 Å². The quantitative estimate of drug-likeness (QED) is 0.551. The van der Waals surface area contributed by atoms with Gasteiger partial charge in [0.25, 0.3) is 0 Å². The fourth-order valence-electron chi connectivity index (χ4n) is 2.27. The molecule has 140 valence electrons. The van der Waals surface area contributed by atoms with E-state index in [4.69, 9.17) is 10.1 Å². The number of nitrogens with zero attached hydrogens (tertiary/aromatic N) is 3. The van der Waals surface area contributed by atoms with E-state index in [1.807, 2.05) is 6.07 Å². The van der Waals surface area contributed by atoms with Gasteiger partial charge in [0.1, 0.15) is 19.8 Å². The van der Waals surface area contributed by atoms with Crippen LogP contribution < -0.4 is 0 Å². The van der Waals surface area contributed by atoms with Gasteiger partial charge in [-0.05, 0) is 24.6 Å². The Labute approximate surface area is 154 Å². The van der Waals surface area contributed by atoms with Crippen molar-refractivity contribution in [1.82, 2.24) is 0 Å². The van der Waals surface area contributed by atoms with Crippen LogP contribution in [-0.2, 0) is 22.5 Å². The largest absolute Gasteiger partial charge is 0.416 e. The van der Waals surface area contributed by atoms with E-state index in [-0.39, 0.29) is 12.3 Å². The van der Waals surface area contributed by atoms with Crippen molar-refractivity contribution in [2.75, 3.05) is 7.11 Å². The van der Waals surface area contributed by atoms with Crippen molar-refractivity contribution in [2.24, 2.45) is 10.3 Å². The average Bonchev–Trinajstić information content (AvgIpc) is 2.66. The van der Waals surface area contributed by atoms with Gasteiger partial charge in [0.15, 0.2) is 5.71 Å². The van der Waals surface area contributed by atoms with E-state index in [1.165, 1.54) is 19.2 Å². The maximum atomic E-state index is 12.8. The molecule has 0 unspecified atom stereocenters. The molecule has 2 aromatic rings. The standard InChI is InChI=1S/C19H16F3N3O2/c1-13(14-7-5-8-16(10-14)19(20,21)22)24-27-12-15-6-3-4-9-17(15)18(11-23)25-26-2/h3-10H,12H2,1-2H3/b24-13-,25-18-. The maximum absolute atomic E-state index is 12.8. The summed E-state index contributed by atoms with van der Waals surface area (Å²) < 4.78 is 38.4. The minimum absolute atomic E-state index is 0.0108. The van der Waals surface area contributed by atoms with E-state index < -0.39 is 11.7 Å². The van der Waals surface area contributed by atoms with Crippen LogP contribution in [0.1, 0.15) is 29.2 Å². The second-order valence-electron chi connectivity index (χ2n) is 5.42. The third-order valence-electron chi connectivity index (χ3n) is 3.59. The number of oxime groups is 2. The first-order valence-corrected chi connectivity index (χ1v) is 7.80. The van der Waals surface area contributed by atoms with Crippen LogP contribution in [-0.4, -0.2) is 18.5 Å². The van der Waals surface area contributed by atoms with E-state index in [2.05, 4.69) is 15.1 Å². The van der Waals surface area contributed by atoms with Gasteiger partial charge in [-0.3, -0.25) is 0 Å². The first kappa shape index (κ1) is 20.0. The summed E-state index contributed by atoms with van der Waals surface area (Å²) >= 11 is 0. The zero-order valence-corrected chi connectivity index (χ0v) is 14.6. The summed E-state index contributed by atoms with van der Waals surface area (Å²) in [5, 5.41) is 16.7. The Balaban J connectivity index is 2.17. The first-order valence-electron chi connectivity index (χ1n) is 7.80. The summed E-state index contributed by atoms with van der Waals surface area (Å²) in [7, 11) is 1.33. The Morgan fingerprint density at radius 1 is 1.11 bits per heavy atom. The summed E-state index contributed by atoms with van der Waals surface area (Å²) in [6.07, 6.45) is -4.43. The summed E-state index contributed by atoms with van der Waals surface area (Å²) in [6, 6.07) is 13.7.